The van der Waals surface area contributed by atoms with Gasteiger partial charge in [-0.3, -0.25) is 14.5 Å². The highest BCUT2D eigenvalue weighted by molar-refractivity contribution is 5.91. The lowest BCUT2D eigenvalue weighted by Gasteiger charge is -2.36. The van der Waals surface area contributed by atoms with E-state index in [2.05, 4.69) is 49.6 Å². The summed E-state index contributed by atoms with van der Waals surface area (Å²) in [5.41, 5.74) is 1.20. The van der Waals surface area contributed by atoms with Crippen molar-refractivity contribution in [1.82, 2.24) is 20.4 Å². The number of aromatic nitrogens is 2. The smallest absolute Gasteiger partial charge is 0.271 e. The van der Waals surface area contributed by atoms with Crippen LogP contribution < -0.4 is 15.8 Å². The molecule has 1 fully saturated rings. The van der Waals surface area contributed by atoms with E-state index >= 15 is 0 Å². The fourth-order valence-corrected chi connectivity index (χ4v) is 2.93. The van der Waals surface area contributed by atoms with Gasteiger partial charge in [-0.15, -0.1) is 0 Å². The van der Waals surface area contributed by atoms with Crippen LogP contribution in [0.15, 0.2) is 47.3 Å². The first-order chi connectivity index (χ1) is 12.2. The van der Waals surface area contributed by atoms with Gasteiger partial charge in [0.15, 0.2) is 0 Å². The Kier molecular flexibility index (Phi) is 5.79. The molecule has 1 saturated heterocycles. The van der Waals surface area contributed by atoms with Crippen molar-refractivity contribution >= 4 is 11.6 Å². The topological polar surface area (TPSA) is 81.3 Å². The van der Waals surface area contributed by atoms with Crippen LogP contribution >= 0.6 is 0 Å². The van der Waals surface area contributed by atoms with Gasteiger partial charge in [-0.05, 0) is 31.2 Å². The Morgan fingerprint density at radius 2 is 1.84 bits per heavy atom. The number of carbonyl (C=O) groups excluding carboxylic acids is 1. The zero-order chi connectivity index (χ0) is 17.5. The number of hydrogen-bond donors (Lipinski definition) is 2. The summed E-state index contributed by atoms with van der Waals surface area (Å²) < 4.78 is 0. The average Bonchev–Trinajstić information content (AvgIpc) is 2.67. The minimum atomic E-state index is -0.314. The Hall–Kier alpha value is -2.67. The van der Waals surface area contributed by atoms with Gasteiger partial charge in [0.25, 0.3) is 11.5 Å². The largest absolute Gasteiger partial charge is 0.369 e. The number of amides is 1. The van der Waals surface area contributed by atoms with Crippen LogP contribution in [0.1, 0.15) is 16.9 Å². The van der Waals surface area contributed by atoms with E-state index in [1.807, 2.05) is 6.07 Å². The molecule has 3 rings (SSSR count). The number of aromatic amines is 1. The molecule has 0 atom stereocenters. The number of piperazine rings is 1. The Morgan fingerprint density at radius 3 is 2.52 bits per heavy atom. The Bertz CT molecular complexity index is 718. The Labute approximate surface area is 146 Å². The summed E-state index contributed by atoms with van der Waals surface area (Å²) >= 11 is 0. The van der Waals surface area contributed by atoms with Crippen molar-refractivity contribution in [1.29, 1.82) is 0 Å². The zero-order valence-corrected chi connectivity index (χ0v) is 14.1. The van der Waals surface area contributed by atoms with Gasteiger partial charge >= 0.3 is 0 Å². The van der Waals surface area contributed by atoms with E-state index in [9.17, 15) is 9.59 Å². The Morgan fingerprint density at radius 1 is 1.08 bits per heavy atom. The second-order valence-corrected chi connectivity index (χ2v) is 6.08. The van der Waals surface area contributed by atoms with Crippen LogP contribution in [-0.4, -0.2) is 60.3 Å². The monoisotopic (exact) mass is 341 g/mol. The molecule has 7 nitrogen and oxygen atoms in total. The predicted octanol–water partition coefficient (Wildman–Crippen LogP) is 0.712. The van der Waals surface area contributed by atoms with E-state index in [0.717, 1.165) is 39.1 Å². The molecular formula is C18H23N5O2. The van der Waals surface area contributed by atoms with Crippen molar-refractivity contribution < 1.29 is 4.79 Å². The van der Waals surface area contributed by atoms with E-state index in [0.29, 0.717) is 6.54 Å². The molecule has 0 aliphatic carbocycles. The lowest BCUT2D eigenvalue weighted by atomic mass is 10.2. The fraction of sp³-hybridized carbons (Fsp3) is 0.389. The molecule has 0 spiro atoms. The molecular weight excluding hydrogens is 318 g/mol. The Balaban J connectivity index is 1.34. The van der Waals surface area contributed by atoms with E-state index < -0.39 is 0 Å². The summed E-state index contributed by atoms with van der Waals surface area (Å²) in [6.45, 7) is 5.67. The lowest BCUT2D eigenvalue weighted by molar-refractivity contribution is 0.0945. The van der Waals surface area contributed by atoms with Crippen LogP contribution in [0.2, 0.25) is 0 Å². The van der Waals surface area contributed by atoms with Gasteiger partial charge in [-0.1, -0.05) is 18.2 Å². The highest BCUT2D eigenvalue weighted by Gasteiger charge is 2.16. The number of hydrogen-bond acceptors (Lipinski definition) is 5. The first kappa shape index (κ1) is 17.2. The van der Waals surface area contributed by atoms with E-state index in [4.69, 9.17) is 0 Å². The summed E-state index contributed by atoms with van der Waals surface area (Å²) in [4.78, 5) is 27.6. The maximum absolute atomic E-state index is 11.9. The molecule has 1 amide bonds. The van der Waals surface area contributed by atoms with Crippen molar-refractivity contribution in [3.63, 3.8) is 0 Å². The number of nitrogens with zero attached hydrogens (tertiary/aromatic N) is 3. The first-order valence-corrected chi connectivity index (χ1v) is 8.59. The predicted molar refractivity (Wildman–Crippen MR) is 96.9 cm³/mol. The molecule has 0 radical (unpaired) electrons. The minimum absolute atomic E-state index is 0.232. The maximum atomic E-state index is 11.9. The number of nitrogens with one attached hydrogen (secondary N) is 2. The van der Waals surface area contributed by atoms with Gasteiger partial charge in [0.2, 0.25) is 0 Å². The average molecular weight is 341 g/mol. The second-order valence-electron chi connectivity index (χ2n) is 6.08. The van der Waals surface area contributed by atoms with Crippen LogP contribution in [0.4, 0.5) is 5.69 Å². The molecule has 0 unspecified atom stereocenters. The van der Waals surface area contributed by atoms with Gasteiger partial charge in [-0.25, -0.2) is 5.10 Å². The molecule has 2 aromatic rings. The molecule has 2 N–H and O–H groups in total. The van der Waals surface area contributed by atoms with Crippen LogP contribution in [0.5, 0.6) is 0 Å². The summed E-state index contributed by atoms with van der Waals surface area (Å²) in [7, 11) is 0. The minimum Gasteiger partial charge on any atom is -0.369 e. The number of para-hydroxylation sites is 1. The van der Waals surface area contributed by atoms with Crippen molar-refractivity contribution in [3.05, 3.63) is 58.5 Å². The highest BCUT2D eigenvalue weighted by atomic mass is 16.2. The lowest BCUT2D eigenvalue weighted by Crippen LogP contribution is -2.47. The van der Waals surface area contributed by atoms with E-state index in [1.165, 1.54) is 17.8 Å². The van der Waals surface area contributed by atoms with Gasteiger partial charge in [0.05, 0.1) is 0 Å². The number of benzene rings is 1. The van der Waals surface area contributed by atoms with Crippen LogP contribution in [0.3, 0.4) is 0 Å². The molecule has 132 valence electrons. The molecule has 7 heteroatoms. The van der Waals surface area contributed by atoms with Crippen LogP contribution in [0, 0.1) is 0 Å². The third-order valence-electron chi connectivity index (χ3n) is 4.34. The number of rotatable bonds is 6. The highest BCUT2D eigenvalue weighted by Crippen LogP contribution is 2.15. The van der Waals surface area contributed by atoms with Gasteiger partial charge in [0.1, 0.15) is 5.69 Å². The number of carbonyl (C=O) groups is 1. The SMILES string of the molecule is O=C(NCCCN1CCN(c2ccccc2)CC1)c1ccc(=O)[nH]n1. The fourth-order valence-electron chi connectivity index (χ4n) is 2.93. The van der Waals surface area contributed by atoms with Gasteiger partial charge in [0, 0.05) is 44.5 Å². The molecule has 2 heterocycles. The van der Waals surface area contributed by atoms with Crippen molar-refractivity contribution in [2.24, 2.45) is 0 Å². The molecule has 25 heavy (non-hydrogen) atoms. The molecule has 1 aliphatic rings. The molecule has 1 aromatic carbocycles. The van der Waals surface area contributed by atoms with Crippen LogP contribution in [0.25, 0.3) is 0 Å². The molecule has 0 saturated carbocycles. The quantitative estimate of drug-likeness (QED) is 0.757. The summed E-state index contributed by atoms with van der Waals surface area (Å²) in [5.74, 6) is -0.259. The van der Waals surface area contributed by atoms with Crippen molar-refractivity contribution in [3.8, 4) is 0 Å². The molecule has 1 aliphatic heterocycles. The zero-order valence-electron chi connectivity index (χ0n) is 14.1. The first-order valence-electron chi connectivity index (χ1n) is 8.59. The third kappa shape index (κ3) is 4.90. The van der Waals surface area contributed by atoms with Crippen molar-refractivity contribution in [2.45, 2.75) is 6.42 Å². The van der Waals surface area contributed by atoms with Crippen molar-refractivity contribution in [2.75, 3.05) is 44.2 Å². The van der Waals surface area contributed by atoms with Gasteiger partial charge < -0.3 is 10.2 Å². The summed E-state index contributed by atoms with van der Waals surface area (Å²) in [6.07, 6.45) is 0.889. The van der Waals surface area contributed by atoms with E-state index in [1.54, 1.807) is 0 Å². The normalized spacial score (nSPS) is 15.1. The second kappa shape index (κ2) is 8.43. The van der Waals surface area contributed by atoms with Crippen LogP contribution in [-0.2, 0) is 0 Å². The molecule has 0 bridgehead atoms. The third-order valence-corrected chi connectivity index (χ3v) is 4.34. The number of anilines is 1. The van der Waals surface area contributed by atoms with Gasteiger partial charge in [-0.2, -0.15) is 5.10 Å². The molecule has 1 aromatic heterocycles. The number of H-pyrrole nitrogens is 1. The summed E-state index contributed by atoms with van der Waals surface area (Å²) in [6, 6.07) is 13.2. The standard InChI is InChI=1S/C18H23N5O2/c24-17-8-7-16(20-21-17)18(25)19-9-4-10-22-11-13-23(14-12-22)15-5-2-1-3-6-15/h1-3,5-8H,4,9-14H2,(H,19,25)(H,21,24). The van der Waals surface area contributed by atoms with E-state index in [-0.39, 0.29) is 17.2 Å². The summed E-state index contributed by atoms with van der Waals surface area (Å²) in [5, 5.41) is 8.81. The maximum Gasteiger partial charge on any atom is 0.271 e.